The largest absolute Gasteiger partial charge is 0.497 e. The van der Waals surface area contributed by atoms with E-state index in [0.29, 0.717) is 28.4 Å². The molecule has 5 nitrogen and oxygen atoms in total. The Morgan fingerprint density at radius 3 is 1.61 bits per heavy atom. The molecule has 4 aromatic rings. The molecule has 0 saturated carbocycles. The van der Waals surface area contributed by atoms with Crippen LogP contribution in [0.4, 0.5) is 0 Å². The molecular weight excluding hydrogens is 452 g/mol. The Bertz CT molecular complexity index is 1390. The Morgan fingerprint density at radius 1 is 0.639 bits per heavy atom. The van der Waals surface area contributed by atoms with Crippen molar-refractivity contribution in [3.8, 4) is 23.0 Å². The molecule has 0 aromatic heterocycles. The molecule has 0 unspecified atom stereocenters. The maximum atomic E-state index is 12.7. The van der Waals surface area contributed by atoms with E-state index >= 15 is 0 Å². The van der Waals surface area contributed by atoms with Crippen LogP contribution < -0.4 is 14.2 Å². The molecule has 0 aliphatic heterocycles. The van der Waals surface area contributed by atoms with Crippen molar-refractivity contribution in [3.05, 3.63) is 118 Å². The van der Waals surface area contributed by atoms with Gasteiger partial charge in [0.15, 0.2) is 5.78 Å². The van der Waals surface area contributed by atoms with Crippen LogP contribution in [0.2, 0.25) is 0 Å². The van der Waals surface area contributed by atoms with Crippen molar-refractivity contribution in [1.82, 2.24) is 0 Å². The predicted molar refractivity (Wildman–Crippen MR) is 140 cm³/mol. The van der Waals surface area contributed by atoms with Crippen LogP contribution in [0.1, 0.15) is 49.9 Å². The zero-order valence-corrected chi connectivity index (χ0v) is 20.8. The summed E-state index contributed by atoms with van der Waals surface area (Å²) in [5, 5.41) is 0. The first kappa shape index (κ1) is 24.7. The van der Waals surface area contributed by atoms with E-state index in [4.69, 9.17) is 14.2 Å². The van der Waals surface area contributed by atoms with Crippen molar-refractivity contribution in [2.45, 2.75) is 27.2 Å². The number of hydrogen-bond donors (Lipinski definition) is 0. The second-order valence-corrected chi connectivity index (χ2v) is 8.65. The van der Waals surface area contributed by atoms with Crippen LogP contribution in [0.5, 0.6) is 23.0 Å². The summed E-state index contributed by atoms with van der Waals surface area (Å²) in [4.78, 5) is 24.1. The van der Waals surface area contributed by atoms with Crippen molar-refractivity contribution >= 4 is 11.8 Å². The minimum absolute atomic E-state index is 0.00147. The molecule has 0 radical (unpaired) electrons. The summed E-state index contributed by atoms with van der Waals surface area (Å²) in [5.41, 5.74) is 5.66. The SMILES string of the molecule is COc1ccc(Cc2ccc(OC(=O)c3ccc(Oc4ccc(C(C)=O)cc4)cc3)cc2C)c(C)c1. The summed E-state index contributed by atoms with van der Waals surface area (Å²) in [6.07, 6.45) is 0.787. The van der Waals surface area contributed by atoms with Gasteiger partial charge in [0.2, 0.25) is 0 Å². The summed E-state index contributed by atoms with van der Waals surface area (Å²) in [7, 11) is 1.66. The van der Waals surface area contributed by atoms with Gasteiger partial charge < -0.3 is 14.2 Å². The van der Waals surface area contributed by atoms with Gasteiger partial charge in [0.1, 0.15) is 23.0 Å². The quantitative estimate of drug-likeness (QED) is 0.153. The van der Waals surface area contributed by atoms with Crippen LogP contribution >= 0.6 is 0 Å². The lowest BCUT2D eigenvalue weighted by Gasteiger charge is -2.12. The molecular formula is C31H28O5. The fraction of sp³-hybridized carbons (Fsp3) is 0.161. The fourth-order valence-corrected chi connectivity index (χ4v) is 3.85. The van der Waals surface area contributed by atoms with Crippen molar-refractivity contribution in [3.63, 3.8) is 0 Å². The Labute approximate surface area is 211 Å². The lowest BCUT2D eigenvalue weighted by Crippen LogP contribution is -2.08. The third-order valence-corrected chi connectivity index (χ3v) is 6.04. The van der Waals surface area contributed by atoms with Gasteiger partial charge in [-0.1, -0.05) is 12.1 Å². The first-order valence-corrected chi connectivity index (χ1v) is 11.7. The molecule has 0 aliphatic carbocycles. The highest BCUT2D eigenvalue weighted by Gasteiger charge is 2.11. The van der Waals surface area contributed by atoms with Gasteiger partial charge >= 0.3 is 5.97 Å². The van der Waals surface area contributed by atoms with Gasteiger partial charge in [0.05, 0.1) is 12.7 Å². The highest BCUT2D eigenvalue weighted by Crippen LogP contribution is 2.25. The summed E-state index contributed by atoms with van der Waals surface area (Å²) >= 11 is 0. The number of rotatable bonds is 8. The Hall–Kier alpha value is -4.38. The maximum absolute atomic E-state index is 12.7. The lowest BCUT2D eigenvalue weighted by molar-refractivity contribution is 0.0734. The van der Waals surface area contributed by atoms with Gasteiger partial charge in [-0.3, -0.25) is 4.79 Å². The number of esters is 1. The third-order valence-electron chi connectivity index (χ3n) is 6.04. The van der Waals surface area contributed by atoms with E-state index in [0.717, 1.165) is 17.7 Å². The van der Waals surface area contributed by atoms with E-state index in [-0.39, 0.29) is 5.78 Å². The summed E-state index contributed by atoms with van der Waals surface area (Å²) in [6, 6.07) is 25.4. The predicted octanol–water partition coefficient (Wildman–Crippen LogP) is 7.12. The highest BCUT2D eigenvalue weighted by molar-refractivity contribution is 5.94. The van der Waals surface area contributed by atoms with Crippen molar-refractivity contribution in [1.29, 1.82) is 0 Å². The zero-order chi connectivity index (χ0) is 25.7. The van der Waals surface area contributed by atoms with E-state index in [2.05, 4.69) is 13.0 Å². The number of Topliss-reactive ketones (excluding diaryl/α,β-unsaturated/α-hetero) is 1. The minimum atomic E-state index is -0.439. The molecule has 4 aromatic carbocycles. The normalized spacial score (nSPS) is 10.6. The zero-order valence-electron chi connectivity index (χ0n) is 20.8. The second-order valence-electron chi connectivity index (χ2n) is 8.65. The number of carbonyl (C=O) groups excluding carboxylic acids is 2. The van der Waals surface area contributed by atoms with Gasteiger partial charge in [-0.05, 0) is 122 Å². The van der Waals surface area contributed by atoms with Gasteiger partial charge in [-0.15, -0.1) is 0 Å². The molecule has 5 heteroatoms. The van der Waals surface area contributed by atoms with Gasteiger partial charge in [0, 0.05) is 5.56 Å². The molecule has 0 fully saturated rings. The Morgan fingerprint density at radius 2 is 1.11 bits per heavy atom. The Kier molecular flexibility index (Phi) is 7.50. The van der Waals surface area contributed by atoms with Gasteiger partial charge in [0.25, 0.3) is 0 Å². The monoisotopic (exact) mass is 480 g/mol. The molecule has 4 rings (SSSR count). The van der Waals surface area contributed by atoms with Crippen LogP contribution in [0.3, 0.4) is 0 Å². The molecule has 0 N–H and O–H groups in total. The first-order chi connectivity index (χ1) is 17.3. The van der Waals surface area contributed by atoms with E-state index in [1.54, 1.807) is 55.6 Å². The Balaban J connectivity index is 1.38. The molecule has 0 spiro atoms. The van der Waals surface area contributed by atoms with E-state index in [1.165, 1.54) is 23.6 Å². The number of aryl methyl sites for hydroxylation is 2. The topological polar surface area (TPSA) is 61.8 Å². The molecule has 0 saturated heterocycles. The average Bonchev–Trinajstić information content (AvgIpc) is 2.87. The van der Waals surface area contributed by atoms with Crippen molar-refractivity contribution < 1.29 is 23.8 Å². The summed E-state index contributed by atoms with van der Waals surface area (Å²) in [6.45, 7) is 5.61. The summed E-state index contributed by atoms with van der Waals surface area (Å²) < 4.78 is 16.7. The van der Waals surface area contributed by atoms with E-state index in [1.807, 2.05) is 37.3 Å². The molecule has 0 amide bonds. The smallest absolute Gasteiger partial charge is 0.343 e. The van der Waals surface area contributed by atoms with E-state index < -0.39 is 5.97 Å². The number of ketones is 1. The number of carbonyl (C=O) groups is 2. The highest BCUT2D eigenvalue weighted by atomic mass is 16.5. The molecule has 0 atom stereocenters. The standard InChI is InChI=1S/C31H28O5/c1-20-17-29(34-4)15-9-25(20)19-26-10-16-30(18-21(26)2)36-31(33)24-7-13-28(14-8-24)35-27-11-5-23(6-12-27)22(3)32/h5-18H,19H2,1-4H3. The molecule has 36 heavy (non-hydrogen) atoms. The van der Waals surface area contributed by atoms with Crippen LogP contribution in [0, 0.1) is 13.8 Å². The molecule has 0 aliphatic rings. The minimum Gasteiger partial charge on any atom is -0.497 e. The average molecular weight is 481 g/mol. The van der Waals surface area contributed by atoms with Crippen LogP contribution in [0.25, 0.3) is 0 Å². The first-order valence-electron chi connectivity index (χ1n) is 11.7. The lowest BCUT2D eigenvalue weighted by atomic mass is 9.97. The number of ether oxygens (including phenoxy) is 3. The number of methoxy groups -OCH3 is 1. The second kappa shape index (κ2) is 10.9. The van der Waals surface area contributed by atoms with Crippen LogP contribution in [-0.2, 0) is 6.42 Å². The van der Waals surface area contributed by atoms with Gasteiger partial charge in [-0.2, -0.15) is 0 Å². The van der Waals surface area contributed by atoms with Crippen molar-refractivity contribution in [2.75, 3.05) is 7.11 Å². The molecule has 182 valence electrons. The van der Waals surface area contributed by atoms with Crippen molar-refractivity contribution in [2.24, 2.45) is 0 Å². The maximum Gasteiger partial charge on any atom is 0.343 e. The number of benzene rings is 4. The van der Waals surface area contributed by atoms with Gasteiger partial charge in [-0.25, -0.2) is 4.79 Å². The number of hydrogen-bond acceptors (Lipinski definition) is 5. The molecule has 0 bridgehead atoms. The fourth-order valence-electron chi connectivity index (χ4n) is 3.85. The summed E-state index contributed by atoms with van der Waals surface area (Å²) in [5.74, 6) is 2.09. The van der Waals surface area contributed by atoms with E-state index in [9.17, 15) is 9.59 Å². The van der Waals surface area contributed by atoms with Crippen LogP contribution in [-0.4, -0.2) is 18.9 Å². The third kappa shape index (κ3) is 5.99. The molecule has 0 heterocycles. The van der Waals surface area contributed by atoms with Crippen LogP contribution in [0.15, 0.2) is 84.9 Å².